The van der Waals surface area contributed by atoms with Gasteiger partial charge in [-0.25, -0.2) is 0 Å². The van der Waals surface area contributed by atoms with Crippen LogP contribution in [-0.4, -0.2) is 19.6 Å². The largest absolute Gasteiger partial charge is 0.469 e. The number of carbonyl (C=O) groups excluding carboxylic acids is 1. The van der Waals surface area contributed by atoms with Crippen molar-refractivity contribution in [2.45, 2.75) is 52.0 Å². The van der Waals surface area contributed by atoms with E-state index in [2.05, 4.69) is 50.4 Å². The molecule has 0 fully saturated rings. The lowest BCUT2D eigenvalue weighted by Crippen LogP contribution is -2.41. The summed E-state index contributed by atoms with van der Waals surface area (Å²) in [7, 11) is 1.43. The Hall–Kier alpha value is -1.35. The van der Waals surface area contributed by atoms with Gasteiger partial charge in [-0.2, -0.15) is 0 Å². The first-order chi connectivity index (χ1) is 9.23. The van der Waals surface area contributed by atoms with Gasteiger partial charge in [0.1, 0.15) is 0 Å². The SMILES string of the molecule is CCNC(C)(CC(=O)OC)c1ccc(C(C)(C)C)cc1. The van der Waals surface area contributed by atoms with E-state index in [1.165, 1.54) is 12.7 Å². The minimum absolute atomic E-state index is 0.134. The van der Waals surface area contributed by atoms with Crippen molar-refractivity contribution >= 4 is 5.97 Å². The van der Waals surface area contributed by atoms with Crippen LogP contribution in [0.3, 0.4) is 0 Å². The first kappa shape index (κ1) is 16.7. The monoisotopic (exact) mass is 277 g/mol. The highest BCUT2D eigenvalue weighted by molar-refractivity contribution is 5.71. The van der Waals surface area contributed by atoms with Gasteiger partial charge in [-0.3, -0.25) is 4.79 Å². The third-order valence-corrected chi connectivity index (χ3v) is 3.68. The highest BCUT2D eigenvalue weighted by Crippen LogP contribution is 2.28. The Morgan fingerprint density at radius 3 is 2.00 bits per heavy atom. The molecule has 1 aromatic carbocycles. The lowest BCUT2D eigenvalue weighted by atomic mass is 9.83. The van der Waals surface area contributed by atoms with E-state index in [-0.39, 0.29) is 11.4 Å². The molecule has 1 unspecified atom stereocenters. The van der Waals surface area contributed by atoms with Crippen LogP contribution in [-0.2, 0) is 20.5 Å². The molecule has 0 bridgehead atoms. The molecular weight excluding hydrogens is 250 g/mol. The predicted molar refractivity (Wildman–Crippen MR) is 82.8 cm³/mol. The Bertz CT molecular complexity index is 445. The van der Waals surface area contributed by atoms with Crippen molar-refractivity contribution in [1.82, 2.24) is 5.32 Å². The minimum atomic E-state index is -0.391. The van der Waals surface area contributed by atoms with Gasteiger partial charge in [-0.05, 0) is 30.0 Å². The molecule has 3 heteroatoms. The highest BCUT2D eigenvalue weighted by atomic mass is 16.5. The van der Waals surface area contributed by atoms with Crippen molar-refractivity contribution in [1.29, 1.82) is 0 Å². The third-order valence-electron chi connectivity index (χ3n) is 3.68. The molecule has 112 valence electrons. The molecular formula is C17H27NO2. The summed E-state index contributed by atoms with van der Waals surface area (Å²) in [6.07, 6.45) is 0.326. The molecule has 0 aromatic heterocycles. The van der Waals surface area contributed by atoms with Crippen LogP contribution >= 0.6 is 0 Å². The number of hydrogen-bond donors (Lipinski definition) is 1. The molecule has 0 saturated heterocycles. The van der Waals surface area contributed by atoms with E-state index < -0.39 is 5.54 Å². The zero-order valence-corrected chi connectivity index (χ0v) is 13.5. The van der Waals surface area contributed by atoms with Crippen LogP contribution in [0.2, 0.25) is 0 Å². The average molecular weight is 277 g/mol. The van der Waals surface area contributed by atoms with Crippen molar-refractivity contribution in [2.75, 3.05) is 13.7 Å². The Balaban J connectivity index is 3.06. The van der Waals surface area contributed by atoms with E-state index in [1.807, 2.05) is 13.8 Å². The Morgan fingerprint density at radius 1 is 1.10 bits per heavy atom. The van der Waals surface area contributed by atoms with Crippen molar-refractivity contribution in [3.63, 3.8) is 0 Å². The van der Waals surface area contributed by atoms with Gasteiger partial charge in [-0.15, -0.1) is 0 Å². The van der Waals surface area contributed by atoms with Crippen molar-refractivity contribution in [2.24, 2.45) is 0 Å². The maximum absolute atomic E-state index is 11.6. The number of ether oxygens (including phenoxy) is 1. The molecule has 0 aliphatic carbocycles. The second-order valence-electron chi connectivity index (χ2n) is 6.44. The predicted octanol–water partition coefficient (Wildman–Crippen LogP) is 3.37. The van der Waals surface area contributed by atoms with E-state index in [4.69, 9.17) is 4.74 Å². The quantitative estimate of drug-likeness (QED) is 0.839. The summed E-state index contributed by atoms with van der Waals surface area (Å²) in [6.45, 7) is 11.5. The van der Waals surface area contributed by atoms with Gasteiger partial charge in [0.05, 0.1) is 19.1 Å². The maximum Gasteiger partial charge on any atom is 0.307 e. The second kappa shape index (κ2) is 6.40. The fraction of sp³-hybridized carbons (Fsp3) is 0.588. The van der Waals surface area contributed by atoms with Gasteiger partial charge in [0, 0.05) is 0 Å². The fourth-order valence-corrected chi connectivity index (χ4v) is 2.36. The number of hydrogen-bond acceptors (Lipinski definition) is 3. The van der Waals surface area contributed by atoms with Crippen molar-refractivity contribution in [3.05, 3.63) is 35.4 Å². The average Bonchev–Trinajstić information content (AvgIpc) is 2.38. The van der Waals surface area contributed by atoms with Gasteiger partial charge in [0.2, 0.25) is 0 Å². The lowest BCUT2D eigenvalue weighted by Gasteiger charge is -2.31. The summed E-state index contributed by atoms with van der Waals surface area (Å²) in [4.78, 5) is 11.6. The molecule has 1 aromatic rings. The van der Waals surface area contributed by atoms with Gasteiger partial charge in [0.15, 0.2) is 0 Å². The highest BCUT2D eigenvalue weighted by Gasteiger charge is 2.29. The Morgan fingerprint density at radius 2 is 1.60 bits per heavy atom. The van der Waals surface area contributed by atoms with Crippen LogP contribution < -0.4 is 5.32 Å². The van der Waals surface area contributed by atoms with E-state index in [9.17, 15) is 4.79 Å². The molecule has 0 radical (unpaired) electrons. The van der Waals surface area contributed by atoms with Crippen LogP contribution in [0.15, 0.2) is 24.3 Å². The van der Waals surface area contributed by atoms with E-state index in [1.54, 1.807) is 0 Å². The van der Waals surface area contributed by atoms with Crippen LogP contribution in [0.1, 0.15) is 52.2 Å². The van der Waals surface area contributed by atoms with E-state index >= 15 is 0 Å². The summed E-state index contributed by atoms with van der Waals surface area (Å²) in [5.74, 6) is -0.201. The molecule has 20 heavy (non-hydrogen) atoms. The smallest absolute Gasteiger partial charge is 0.307 e. The minimum Gasteiger partial charge on any atom is -0.469 e. The lowest BCUT2D eigenvalue weighted by molar-refractivity contribution is -0.142. The molecule has 0 heterocycles. The first-order valence-electron chi connectivity index (χ1n) is 7.16. The maximum atomic E-state index is 11.6. The number of methoxy groups -OCH3 is 1. The van der Waals surface area contributed by atoms with Crippen molar-refractivity contribution in [3.8, 4) is 0 Å². The summed E-state index contributed by atoms with van der Waals surface area (Å²) in [6, 6.07) is 8.49. The molecule has 1 rings (SSSR count). The van der Waals surface area contributed by atoms with E-state index in [0.717, 1.165) is 12.1 Å². The van der Waals surface area contributed by atoms with Gasteiger partial charge in [-0.1, -0.05) is 52.0 Å². The molecule has 0 amide bonds. The molecule has 0 saturated carbocycles. The van der Waals surface area contributed by atoms with Crippen LogP contribution in [0.5, 0.6) is 0 Å². The number of rotatable bonds is 5. The zero-order valence-electron chi connectivity index (χ0n) is 13.5. The van der Waals surface area contributed by atoms with Crippen molar-refractivity contribution < 1.29 is 9.53 Å². The number of benzene rings is 1. The van der Waals surface area contributed by atoms with Gasteiger partial charge < -0.3 is 10.1 Å². The van der Waals surface area contributed by atoms with Crippen LogP contribution in [0.4, 0.5) is 0 Å². The van der Waals surface area contributed by atoms with Crippen LogP contribution in [0.25, 0.3) is 0 Å². The summed E-state index contributed by atoms with van der Waals surface area (Å²) >= 11 is 0. The second-order valence-corrected chi connectivity index (χ2v) is 6.44. The molecule has 0 aliphatic heterocycles. The number of carbonyl (C=O) groups is 1. The number of nitrogens with one attached hydrogen (secondary N) is 1. The van der Waals surface area contributed by atoms with Crippen LogP contribution in [0, 0.1) is 0 Å². The zero-order chi connectivity index (χ0) is 15.4. The Labute approximate surface area is 122 Å². The Kier molecular flexibility index (Phi) is 5.35. The fourth-order valence-electron chi connectivity index (χ4n) is 2.36. The summed E-state index contributed by atoms with van der Waals surface area (Å²) in [5.41, 5.74) is 2.14. The van der Waals surface area contributed by atoms with E-state index in [0.29, 0.717) is 6.42 Å². The normalized spacial score (nSPS) is 14.7. The standard InChI is InChI=1S/C17H27NO2/c1-7-18-17(5,12-15(19)20-6)14-10-8-13(9-11-14)16(2,3)4/h8-11,18H,7,12H2,1-6H3. The molecule has 3 nitrogen and oxygen atoms in total. The molecule has 0 spiro atoms. The molecule has 1 N–H and O–H groups in total. The van der Waals surface area contributed by atoms with Gasteiger partial charge in [0.25, 0.3) is 0 Å². The summed E-state index contributed by atoms with van der Waals surface area (Å²) < 4.78 is 4.81. The molecule has 1 atom stereocenters. The summed E-state index contributed by atoms with van der Waals surface area (Å²) in [5, 5.41) is 3.40. The number of esters is 1. The molecule has 0 aliphatic rings. The van der Waals surface area contributed by atoms with Gasteiger partial charge >= 0.3 is 5.97 Å². The first-order valence-corrected chi connectivity index (χ1v) is 7.16. The third kappa shape index (κ3) is 4.07. The topological polar surface area (TPSA) is 38.3 Å².